The zero-order valence-electron chi connectivity index (χ0n) is 18.4. The SMILES string of the molecule is CC(C)c1cccc(C(C)C)c1-n1ccnc1P(C(C)(C)C)C(C)(C)C. The number of aromatic nitrogens is 2. The van der Waals surface area contributed by atoms with Crippen molar-refractivity contribution < 1.29 is 0 Å². The fourth-order valence-electron chi connectivity index (χ4n) is 4.03. The summed E-state index contributed by atoms with van der Waals surface area (Å²) in [6.45, 7) is 23.3. The number of hydrogen-bond acceptors (Lipinski definition) is 1. The highest BCUT2D eigenvalue weighted by molar-refractivity contribution is 7.68. The van der Waals surface area contributed by atoms with Crippen LogP contribution >= 0.6 is 7.92 Å². The Bertz CT molecular complexity index is 702. The van der Waals surface area contributed by atoms with Gasteiger partial charge in [0.15, 0.2) is 0 Å². The van der Waals surface area contributed by atoms with Crippen LogP contribution in [0, 0.1) is 0 Å². The van der Waals surface area contributed by atoms with E-state index in [1.54, 1.807) is 0 Å². The second-order valence-corrected chi connectivity index (χ2v) is 13.6. The highest BCUT2D eigenvalue weighted by atomic mass is 31.1. The number of hydrogen-bond donors (Lipinski definition) is 0. The van der Waals surface area contributed by atoms with E-state index in [0.717, 1.165) is 0 Å². The lowest BCUT2D eigenvalue weighted by Crippen LogP contribution is -2.35. The Hall–Kier alpha value is -1.14. The molecule has 0 N–H and O–H groups in total. The number of imidazole rings is 1. The van der Waals surface area contributed by atoms with Gasteiger partial charge >= 0.3 is 0 Å². The van der Waals surface area contributed by atoms with Crippen LogP contribution in [0.25, 0.3) is 5.69 Å². The molecule has 0 aliphatic carbocycles. The summed E-state index contributed by atoms with van der Waals surface area (Å²) in [7, 11) is -0.457. The zero-order valence-corrected chi connectivity index (χ0v) is 19.3. The molecule has 0 fully saturated rings. The monoisotopic (exact) mass is 372 g/mol. The molecule has 3 heteroatoms. The molecule has 2 aromatic rings. The smallest absolute Gasteiger partial charge is 0.136 e. The van der Waals surface area contributed by atoms with Crippen molar-refractivity contribution in [3.63, 3.8) is 0 Å². The Morgan fingerprint density at radius 1 is 0.846 bits per heavy atom. The number of rotatable bonds is 4. The van der Waals surface area contributed by atoms with Gasteiger partial charge in [-0.1, -0.05) is 87.4 Å². The summed E-state index contributed by atoms with van der Waals surface area (Å²) in [6.07, 6.45) is 4.17. The lowest BCUT2D eigenvalue weighted by atomic mass is 9.92. The fourth-order valence-corrected chi connectivity index (χ4v) is 7.81. The molecule has 0 spiro atoms. The van der Waals surface area contributed by atoms with Gasteiger partial charge in [-0.2, -0.15) is 0 Å². The van der Waals surface area contributed by atoms with E-state index in [9.17, 15) is 0 Å². The molecule has 0 radical (unpaired) electrons. The van der Waals surface area contributed by atoms with Crippen LogP contribution in [0.2, 0.25) is 0 Å². The van der Waals surface area contributed by atoms with E-state index in [-0.39, 0.29) is 10.3 Å². The first-order valence-electron chi connectivity index (χ1n) is 9.82. The summed E-state index contributed by atoms with van der Waals surface area (Å²) < 4.78 is 2.41. The molecule has 0 saturated carbocycles. The third kappa shape index (κ3) is 4.22. The maximum atomic E-state index is 4.92. The molecular weight excluding hydrogens is 335 g/mol. The molecule has 0 aliphatic rings. The van der Waals surface area contributed by atoms with Crippen molar-refractivity contribution in [3.8, 4) is 5.69 Å². The Morgan fingerprint density at radius 2 is 1.31 bits per heavy atom. The minimum atomic E-state index is -0.457. The van der Waals surface area contributed by atoms with Gasteiger partial charge in [0.1, 0.15) is 5.57 Å². The average molecular weight is 373 g/mol. The Balaban J connectivity index is 2.80. The van der Waals surface area contributed by atoms with E-state index in [4.69, 9.17) is 4.98 Å². The van der Waals surface area contributed by atoms with Crippen molar-refractivity contribution in [1.82, 2.24) is 9.55 Å². The molecule has 0 aliphatic heterocycles. The quantitative estimate of drug-likeness (QED) is 0.538. The summed E-state index contributed by atoms with van der Waals surface area (Å²) in [4.78, 5) is 4.92. The third-order valence-corrected chi connectivity index (χ3v) is 8.16. The number of benzene rings is 1. The van der Waals surface area contributed by atoms with Crippen molar-refractivity contribution >= 4 is 13.5 Å². The molecule has 26 heavy (non-hydrogen) atoms. The molecular formula is C23H37N2P. The molecule has 1 heterocycles. The van der Waals surface area contributed by atoms with Crippen LogP contribution in [0.4, 0.5) is 0 Å². The summed E-state index contributed by atoms with van der Waals surface area (Å²) in [5.74, 6) is 0.962. The molecule has 0 amide bonds. The van der Waals surface area contributed by atoms with Crippen LogP contribution in [0.3, 0.4) is 0 Å². The van der Waals surface area contributed by atoms with Crippen LogP contribution in [0.5, 0.6) is 0 Å². The molecule has 0 unspecified atom stereocenters. The molecule has 0 bridgehead atoms. The predicted molar refractivity (Wildman–Crippen MR) is 118 cm³/mol. The summed E-state index contributed by atoms with van der Waals surface area (Å²) >= 11 is 0. The van der Waals surface area contributed by atoms with E-state index in [2.05, 4.69) is 98.2 Å². The first-order valence-corrected chi connectivity index (χ1v) is 11.2. The summed E-state index contributed by atoms with van der Waals surface area (Å²) in [6, 6.07) is 6.78. The minimum absolute atomic E-state index is 0.196. The number of para-hydroxylation sites is 1. The van der Waals surface area contributed by atoms with Crippen molar-refractivity contribution in [2.24, 2.45) is 0 Å². The second kappa shape index (κ2) is 7.47. The van der Waals surface area contributed by atoms with Crippen LogP contribution < -0.4 is 5.57 Å². The Kier molecular flexibility index (Phi) is 6.08. The largest absolute Gasteiger partial charge is 0.300 e. The maximum Gasteiger partial charge on any atom is 0.136 e. The van der Waals surface area contributed by atoms with Crippen molar-refractivity contribution in [3.05, 3.63) is 41.7 Å². The highest BCUT2D eigenvalue weighted by Crippen LogP contribution is 2.58. The van der Waals surface area contributed by atoms with Crippen LogP contribution in [-0.4, -0.2) is 19.9 Å². The molecule has 2 rings (SSSR count). The van der Waals surface area contributed by atoms with Gasteiger partial charge in [0.2, 0.25) is 0 Å². The van der Waals surface area contributed by atoms with E-state index < -0.39 is 7.92 Å². The van der Waals surface area contributed by atoms with Gasteiger partial charge in [-0.3, -0.25) is 4.57 Å². The standard InChI is InChI=1S/C23H37N2P/c1-16(2)18-12-11-13-19(17(3)4)20(18)25-15-14-24-21(25)26(22(5,6)7)23(8,9)10/h11-17H,1-10H3. The van der Waals surface area contributed by atoms with Crippen LogP contribution in [-0.2, 0) is 0 Å². The average Bonchev–Trinajstić information content (AvgIpc) is 2.91. The normalized spacial score (nSPS) is 13.3. The van der Waals surface area contributed by atoms with Gasteiger partial charge in [-0.05, 0) is 41.2 Å². The van der Waals surface area contributed by atoms with Crippen molar-refractivity contribution in [2.75, 3.05) is 0 Å². The first-order chi connectivity index (χ1) is 11.9. The highest BCUT2D eigenvalue weighted by Gasteiger charge is 2.39. The second-order valence-electron chi connectivity index (χ2n) is 9.87. The summed E-state index contributed by atoms with van der Waals surface area (Å²) in [5, 5.41) is 0.392. The van der Waals surface area contributed by atoms with Gasteiger partial charge < -0.3 is 0 Å². The van der Waals surface area contributed by atoms with E-state index in [0.29, 0.717) is 11.8 Å². The van der Waals surface area contributed by atoms with E-state index >= 15 is 0 Å². The number of nitrogens with zero attached hydrogens (tertiary/aromatic N) is 2. The minimum Gasteiger partial charge on any atom is -0.300 e. The van der Waals surface area contributed by atoms with E-state index in [1.807, 2.05) is 6.20 Å². The first kappa shape index (κ1) is 21.2. The van der Waals surface area contributed by atoms with Gasteiger partial charge in [0.25, 0.3) is 0 Å². The van der Waals surface area contributed by atoms with Gasteiger partial charge in [-0.25, -0.2) is 4.98 Å². The molecule has 144 valence electrons. The van der Waals surface area contributed by atoms with Crippen LogP contribution in [0.15, 0.2) is 30.6 Å². The van der Waals surface area contributed by atoms with Gasteiger partial charge in [-0.15, -0.1) is 0 Å². The molecule has 2 nitrogen and oxygen atoms in total. The van der Waals surface area contributed by atoms with Gasteiger partial charge in [0.05, 0.1) is 5.69 Å². The molecule has 0 saturated heterocycles. The lowest BCUT2D eigenvalue weighted by molar-refractivity contribution is 0.710. The molecule has 1 aromatic heterocycles. The lowest BCUT2D eigenvalue weighted by Gasteiger charge is -2.41. The fraction of sp³-hybridized carbons (Fsp3) is 0.609. The Morgan fingerprint density at radius 3 is 1.69 bits per heavy atom. The summed E-state index contributed by atoms with van der Waals surface area (Å²) in [5.41, 5.74) is 5.42. The zero-order chi connectivity index (χ0) is 19.9. The van der Waals surface area contributed by atoms with Crippen LogP contribution in [0.1, 0.15) is 92.2 Å². The van der Waals surface area contributed by atoms with Crippen molar-refractivity contribution in [1.29, 1.82) is 0 Å². The predicted octanol–water partition coefficient (Wildman–Crippen LogP) is 6.82. The molecule has 0 atom stereocenters. The van der Waals surface area contributed by atoms with Gasteiger partial charge in [0, 0.05) is 12.4 Å². The third-order valence-electron chi connectivity index (χ3n) is 4.75. The van der Waals surface area contributed by atoms with Crippen molar-refractivity contribution in [2.45, 2.75) is 91.4 Å². The maximum absolute atomic E-state index is 4.92. The Labute approximate surface area is 162 Å². The molecule has 1 aromatic carbocycles. The van der Waals surface area contributed by atoms with E-state index in [1.165, 1.54) is 22.4 Å². The topological polar surface area (TPSA) is 17.8 Å².